The lowest BCUT2D eigenvalue weighted by Crippen LogP contribution is -2.25. The number of pyridine rings is 1. The predicted octanol–water partition coefficient (Wildman–Crippen LogP) is 2.17. The van der Waals surface area contributed by atoms with E-state index in [9.17, 15) is 4.79 Å². The summed E-state index contributed by atoms with van der Waals surface area (Å²) in [6.07, 6.45) is 1.77. The van der Waals surface area contributed by atoms with Gasteiger partial charge in [0.15, 0.2) is 0 Å². The maximum atomic E-state index is 11.6. The molecule has 2 rings (SSSR count). The molecule has 1 unspecified atom stereocenters. The maximum Gasteiger partial charge on any atom is 0.250 e. The molecule has 0 bridgehead atoms. The van der Waals surface area contributed by atoms with Gasteiger partial charge in [-0.05, 0) is 36.6 Å². The van der Waals surface area contributed by atoms with E-state index in [0.717, 1.165) is 5.56 Å². The van der Waals surface area contributed by atoms with Crippen molar-refractivity contribution < 1.29 is 0 Å². The van der Waals surface area contributed by atoms with Gasteiger partial charge in [-0.1, -0.05) is 24.3 Å². The van der Waals surface area contributed by atoms with Gasteiger partial charge in [-0.2, -0.15) is 0 Å². The van der Waals surface area contributed by atoms with Gasteiger partial charge >= 0.3 is 0 Å². The van der Waals surface area contributed by atoms with E-state index in [2.05, 4.69) is 26.0 Å². The van der Waals surface area contributed by atoms with Crippen LogP contribution in [0.3, 0.4) is 0 Å². The molecule has 2 aromatic rings. The standard InChI is InChI=1S/C15H18N2O/c1-11-6-7-13(9-12(11)2)14(16)10-17-8-4-3-5-15(17)18/h3-9,14H,10,16H2,1-2H3. The number of nitrogens with two attached hydrogens (primary N) is 1. The van der Waals surface area contributed by atoms with Gasteiger partial charge < -0.3 is 10.3 Å². The van der Waals surface area contributed by atoms with Gasteiger partial charge in [0.1, 0.15) is 0 Å². The molecule has 0 fully saturated rings. The zero-order valence-electron chi connectivity index (χ0n) is 10.8. The second-order valence-electron chi connectivity index (χ2n) is 4.64. The molecule has 0 amide bonds. The summed E-state index contributed by atoms with van der Waals surface area (Å²) in [6.45, 7) is 4.65. The van der Waals surface area contributed by atoms with Crippen molar-refractivity contribution in [2.45, 2.75) is 26.4 Å². The van der Waals surface area contributed by atoms with E-state index < -0.39 is 0 Å². The van der Waals surface area contributed by atoms with Crippen LogP contribution < -0.4 is 11.3 Å². The number of hydrogen-bond donors (Lipinski definition) is 1. The van der Waals surface area contributed by atoms with Gasteiger partial charge in [0.25, 0.3) is 5.56 Å². The first-order valence-corrected chi connectivity index (χ1v) is 6.06. The predicted molar refractivity (Wildman–Crippen MR) is 73.5 cm³/mol. The van der Waals surface area contributed by atoms with Crippen molar-refractivity contribution >= 4 is 0 Å². The number of rotatable bonds is 3. The fourth-order valence-electron chi connectivity index (χ4n) is 1.92. The lowest BCUT2D eigenvalue weighted by atomic mass is 10.0. The smallest absolute Gasteiger partial charge is 0.250 e. The third kappa shape index (κ3) is 2.68. The van der Waals surface area contributed by atoms with E-state index >= 15 is 0 Å². The van der Waals surface area contributed by atoms with Gasteiger partial charge in [-0.25, -0.2) is 0 Å². The highest BCUT2D eigenvalue weighted by Gasteiger charge is 2.08. The lowest BCUT2D eigenvalue weighted by molar-refractivity contribution is 0.561. The molecule has 3 heteroatoms. The summed E-state index contributed by atoms with van der Waals surface area (Å²) >= 11 is 0. The molecular formula is C15H18N2O. The Morgan fingerprint density at radius 3 is 2.61 bits per heavy atom. The Morgan fingerprint density at radius 1 is 1.17 bits per heavy atom. The molecule has 18 heavy (non-hydrogen) atoms. The number of benzene rings is 1. The van der Waals surface area contributed by atoms with Gasteiger partial charge in [-0.15, -0.1) is 0 Å². The molecule has 0 spiro atoms. The molecule has 1 aromatic heterocycles. The minimum Gasteiger partial charge on any atom is -0.322 e. The molecule has 3 nitrogen and oxygen atoms in total. The van der Waals surface area contributed by atoms with Crippen LogP contribution in [0.2, 0.25) is 0 Å². The zero-order chi connectivity index (χ0) is 13.1. The van der Waals surface area contributed by atoms with Crippen molar-refractivity contribution in [2.24, 2.45) is 5.73 Å². The van der Waals surface area contributed by atoms with Crippen molar-refractivity contribution in [1.29, 1.82) is 0 Å². The highest BCUT2D eigenvalue weighted by atomic mass is 16.1. The molecule has 94 valence electrons. The van der Waals surface area contributed by atoms with Crippen LogP contribution in [0.15, 0.2) is 47.4 Å². The number of nitrogens with zero attached hydrogens (tertiary/aromatic N) is 1. The molecule has 0 saturated carbocycles. The highest BCUT2D eigenvalue weighted by Crippen LogP contribution is 2.16. The Balaban J connectivity index is 2.22. The van der Waals surface area contributed by atoms with Gasteiger partial charge in [0.2, 0.25) is 0 Å². The monoisotopic (exact) mass is 242 g/mol. The Hall–Kier alpha value is -1.87. The molecule has 0 saturated heterocycles. The summed E-state index contributed by atoms with van der Waals surface area (Å²) in [5.74, 6) is 0. The first kappa shape index (κ1) is 12.6. The summed E-state index contributed by atoms with van der Waals surface area (Å²) in [5.41, 5.74) is 9.68. The van der Waals surface area contributed by atoms with Crippen molar-refractivity contribution in [1.82, 2.24) is 4.57 Å². The van der Waals surface area contributed by atoms with Crippen LogP contribution in [0.25, 0.3) is 0 Å². The highest BCUT2D eigenvalue weighted by molar-refractivity contribution is 5.31. The van der Waals surface area contributed by atoms with Crippen LogP contribution in [0.4, 0.5) is 0 Å². The Morgan fingerprint density at radius 2 is 1.94 bits per heavy atom. The van der Waals surface area contributed by atoms with Crippen LogP contribution in [0.5, 0.6) is 0 Å². The third-order valence-corrected chi connectivity index (χ3v) is 3.25. The lowest BCUT2D eigenvalue weighted by Gasteiger charge is -2.15. The fourth-order valence-corrected chi connectivity index (χ4v) is 1.92. The van der Waals surface area contributed by atoms with Crippen LogP contribution in [0, 0.1) is 13.8 Å². The van der Waals surface area contributed by atoms with Crippen molar-refractivity contribution in [2.75, 3.05) is 0 Å². The second-order valence-corrected chi connectivity index (χ2v) is 4.64. The zero-order valence-corrected chi connectivity index (χ0v) is 10.8. The van der Waals surface area contributed by atoms with Crippen molar-refractivity contribution in [3.63, 3.8) is 0 Å². The van der Waals surface area contributed by atoms with E-state index in [1.807, 2.05) is 12.1 Å². The van der Waals surface area contributed by atoms with E-state index in [4.69, 9.17) is 5.73 Å². The minimum atomic E-state index is -0.163. The summed E-state index contributed by atoms with van der Waals surface area (Å²) < 4.78 is 1.64. The first-order chi connectivity index (χ1) is 8.58. The minimum absolute atomic E-state index is 0.0169. The average molecular weight is 242 g/mol. The number of hydrogen-bond acceptors (Lipinski definition) is 2. The Labute approximate surface area is 107 Å². The second kappa shape index (κ2) is 5.19. The van der Waals surface area contributed by atoms with Gasteiger partial charge in [0.05, 0.1) is 0 Å². The van der Waals surface area contributed by atoms with Crippen molar-refractivity contribution in [3.05, 3.63) is 69.6 Å². The van der Waals surface area contributed by atoms with Crippen LogP contribution in [0.1, 0.15) is 22.7 Å². The third-order valence-electron chi connectivity index (χ3n) is 3.25. The molecule has 0 aliphatic rings. The van der Waals surface area contributed by atoms with Crippen LogP contribution in [-0.2, 0) is 6.54 Å². The summed E-state index contributed by atoms with van der Waals surface area (Å²) in [5, 5.41) is 0. The molecule has 1 aromatic carbocycles. The van der Waals surface area contributed by atoms with Gasteiger partial charge in [-0.3, -0.25) is 4.79 Å². The molecule has 0 aliphatic carbocycles. The maximum absolute atomic E-state index is 11.6. The number of aryl methyl sites for hydroxylation is 2. The molecule has 0 aliphatic heterocycles. The summed E-state index contributed by atoms with van der Waals surface area (Å²) in [7, 11) is 0. The van der Waals surface area contributed by atoms with Crippen molar-refractivity contribution in [3.8, 4) is 0 Å². The molecule has 2 N–H and O–H groups in total. The largest absolute Gasteiger partial charge is 0.322 e. The molecular weight excluding hydrogens is 224 g/mol. The Kier molecular flexibility index (Phi) is 3.63. The fraction of sp³-hybridized carbons (Fsp3) is 0.267. The van der Waals surface area contributed by atoms with E-state index in [1.54, 1.807) is 22.9 Å². The SMILES string of the molecule is Cc1ccc(C(N)Cn2ccccc2=O)cc1C. The van der Waals surface area contributed by atoms with E-state index in [-0.39, 0.29) is 11.6 Å². The van der Waals surface area contributed by atoms with E-state index in [1.165, 1.54) is 11.1 Å². The summed E-state index contributed by atoms with van der Waals surface area (Å²) in [6, 6.07) is 11.2. The summed E-state index contributed by atoms with van der Waals surface area (Å²) in [4.78, 5) is 11.6. The topological polar surface area (TPSA) is 48.0 Å². The average Bonchev–Trinajstić information content (AvgIpc) is 2.35. The molecule has 0 radical (unpaired) electrons. The van der Waals surface area contributed by atoms with E-state index in [0.29, 0.717) is 6.54 Å². The van der Waals surface area contributed by atoms with Gasteiger partial charge in [0, 0.05) is 24.8 Å². The Bertz CT molecular complexity index is 601. The number of aromatic nitrogens is 1. The molecule has 1 heterocycles. The quantitative estimate of drug-likeness (QED) is 0.896. The van der Waals surface area contributed by atoms with Crippen LogP contribution in [-0.4, -0.2) is 4.57 Å². The first-order valence-electron chi connectivity index (χ1n) is 6.06. The molecule has 1 atom stereocenters. The van der Waals surface area contributed by atoms with Crippen LogP contribution >= 0.6 is 0 Å². The normalized spacial score (nSPS) is 12.4.